The van der Waals surface area contributed by atoms with Gasteiger partial charge in [0.15, 0.2) is 0 Å². The highest BCUT2D eigenvalue weighted by Gasteiger charge is 2.15. The molecule has 0 spiro atoms. The fourth-order valence-corrected chi connectivity index (χ4v) is 2.31. The number of fused-ring (bicyclic) bond motifs is 1. The van der Waals surface area contributed by atoms with Crippen molar-refractivity contribution in [1.29, 1.82) is 0 Å². The van der Waals surface area contributed by atoms with Gasteiger partial charge in [0.2, 0.25) is 0 Å². The zero-order chi connectivity index (χ0) is 12.4. The van der Waals surface area contributed by atoms with E-state index in [9.17, 15) is 0 Å². The molecule has 0 aliphatic rings. The summed E-state index contributed by atoms with van der Waals surface area (Å²) in [5.41, 5.74) is 3.28. The molecule has 0 fully saturated rings. The molecule has 0 amide bonds. The van der Waals surface area contributed by atoms with Crippen molar-refractivity contribution in [3.63, 3.8) is 0 Å². The third kappa shape index (κ3) is 1.88. The smallest absolute Gasteiger partial charge is 0.114 e. The number of nitrogens with zero attached hydrogens (tertiary/aromatic N) is 2. The van der Waals surface area contributed by atoms with E-state index in [0.29, 0.717) is 5.92 Å². The molecule has 3 rings (SSSR count). The third-order valence-electron chi connectivity index (χ3n) is 3.24. The maximum Gasteiger partial charge on any atom is 0.114 e. The van der Waals surface area contributed by atoms with Crippen molar-refractivity contribution < 1.29 is 0 Å². The van der Waals surface area contributed by atoms with Crippen molar-refractivity contribution in [2.45, 2.75) is 19.3 Å². The van der Waals surface area contributed by atoms with Crippen molar-refractivity contribution in [2.24, 2.45) is 0 Å². The second-order valence-corrected chi connectivity index (χ2v) is 4.39. The lowest BCUT2D eigenvalue weighted by Gasteiger charge is -2.12. The summed E-state index contributed by atoms with van der Waals surface area (Å²) in [6, 6.07) is 12.4. The zero-order valence-electron chi connectivity index (χ0n) is 10.3. The minimum absolute atomic E-state index is 0.318. The topological polar surface area (TPSA) is 41.6 Å². The number of pyridine rings is 1. The minimum atomic E-state index is 0.318. The molecule has 0 radical (unpaired) electrons. The van der Waals surface area contributed by atoms with Crippen LogP contribution in [0.5, 0.6) is 0 Å². The average Bonchev–Trinajstić information content (AvgIpc) is 2.84. The number of rotatable bonds is 3. The van der Waals surface area contributed by atoms with Gasteiger partial charge in [0.1, 0.15) is 5.82 Å². The van der Waals surface area contributed by atoms with Crippen LogP contribution in [-0.2, 0) is 0 Å². The van der Waals surface area contributed by atoms with Gasteiger partial charge in [0.25, 0.3) is 0 Å². The summed E-state index contributed by atoms with van der Waals surface area (Å²) in [6.45, 7) is 2.18. The lowest BCUT2D eigenvalue weighted by Crippen LogP contribution is -2.01. The molecule has 2 heterocycles. The van der Waals surface area contributed by atoms with E-state index >= 15 is 0 Å². The molecular weight excluding hydrogens is 222 g/mol. The predicted octanol–water partition coefficient (Wildman–Crippen LogP) is 3.50. The molecule has 90 valence electrons. The molecular formula is C15H15N3. The van der Waals surface area contributed by atoms with Crippen LogP contribution in [0.15, 0.2) is 48.8 Å². The van der Waals surface area contributed by atoms with Crippen LogP contribution in [0.2, 0.25) is 0 Å². The number of aromatic nitrogens is 3. The van der Waals surface area contributed by atoms with Gasteiger partial charge in [-0.25, -0.2) is 4.98 Å². The molecule has 0 saturated heterocycles. The number of hydrogen-bond donors (Lipinski definition) is 1. The first kappa shape index (κ1) is 11.0. The van der Waals surface area contributed by atoms with E-state index in [1.54, 1.807) is 6.20 Å². The largest absolute Gasteiger partial charge is 0.340 e. The minimum Gasteiger partial charge on any atom is -0.340 e. The molecule has 3 nitrogen and oxygen atoms in total. The van der Waals surface area contributed by atoms with Crippen LogP contribution in [0, 0.1) is 0 Å². The molecule has 2 aromatic heterocycles. The van der Waals surface area contributed by atoms with E-state index in [4.69, 9.17) is 0 Å². The molecule has 0 bridgehead atoms. The maximum absolute atomic E-state index is 4.66. The Morgan fingerprint density at radius 1 is 1.17 bits per heavy atom. The standard InChI is InChI=1S/C15H15N3/c1-2-12(11-6-4-3-5-7-11)15-17-13-8-9-16-10-14(13)18-15/h3-10,12H,2H2,1H3,(H,17,18). The van der Waals surface area contributed by atoms with Gasteiger partial charge in [-0.05, 0) is 18.1 Å². The van der Waals surface area contributed by atoms with Crippen LogP contribution < -0.4 is 0 Å². The van der Waals surface area contributed by atoms with Gasteiger partial charge in [0, 0.05) is 12.1 Å². The van der Waals surface area contributed by atoms with Crippen molar-refractivity contribution in [3.05, 3.63) is 60.2 Å². The van der Waals surface area contributed by atoms with Gasteiger partial charge in [-0.3, -0.25) is 4.98 Å². The van der Waals surface area contributed by atoms with Crippen LogP contribution in [0.1, 0.15) is 30.7 Å². The van der Waals surface area contributed by atoms with E-state index in [0.717, 1.165) is 23.3 Å². The van der Waals surface area contributed by atoms with Gasteiger partial charge in [-0.15, -0.1) is 0 Å². The van der Waals surface area contributed by atoms with Gasteiger partial charge in [-0.2, -0.15) is 0 Å². The number of benzene rings is 1. The fourth-order valence-electron chi connectivity index (χ4n) is 2.31. The summed E-state index contributed by atoms with van der Waals surface area (Å²) in [7, 11) is 0. The Bertz CT molecular complexity index is 610. The average molecular weight is 237 g/mol. The van der Waals surface area contributed by atoms with Crippen molar-refractivity contribution in [3.8, 4) is 0 Å². The number of aromatic amines is 1. The summed E-state index contributed by atoms with van der Waals surface area (Å²) < 4.78 is 0. The van der Waals surface area contributed by atoms with Gasteiger partial charge in [-0.1, -0.05) is 37.3 Å². The normalized spacial score (nSPS) is 12.7. The summed E-state index contributed by atoms with van der Waals surface area (Å²) in [5.74, 6) is 1.34. The first-order valence-corrected chi connectivity index (χ1v) is 6.23. The summed E-state index contributed by atoms with van der Waals surface area (Å²) in [5, 5.41) is 0. The molecule has 0 aliphatic heterocycles. The highest BCUT2D eigenvalue weighted by molar-refractivity contribution is 5.73. The van der Waals surface area contributed by atoms with Crippen LogP contribution in [0.4, 0.5) is 0 Å². The number of imidazole rings is 1. The lowest BCUT2D eigenvalue weighted by atomic mass is 9.96. The Balaban J connectivity index is 2.06. The molecule has 1 atom stereocenters. The van der Waals surface area contributed by atoms with Crippen LogP contribution in [0.3, 0.4) is 0 Å². The van der Waals surface area contributed by atoms with Crippen molar-refractivity contribution in [2.75, 3.05) is 0 Å². The monoisotopic (exact) mass is 237 g/mol. The number of hydrogen-bond acceptors (Lipinski definition) is 2. The quantitative estimate of drug-likeness (QED) is 0.757. The molecule has 1 N–H and O–H groups in total. The Morgan fingerprint density at radius 2 is 2.00 bits per heavy atom. The Kier molecular flexibility index (Phi) is 2.81. The summed E-state index contributed by atoms with van der Waals surface area (Å²) >= 11 is 0. The van der Waals surface area contributed by atoms with E-state index in [-0.39, 0.29) is 0 Å². The highest BCUT2D eigenvalue weighted by Crippen LogP contribution is 2.26. The van der Waals surface area contributed by atoms with Gasteiger partial charge >= 0.3 is 0 Å². The Hall–Kier alpha value is -2.16. The third-order valence-corrected chi connectivity index (χ3v) is 3.24. The summed E-state index contributed by atoms with van der Waals surface area (Å²) in [4.78, 5) is 12.1. The number of nitrogens with one attached hydrogen (secondary N) is 1. The molecule has 3 heteroatoms. The Labute approximate surface area is 106 Å². The number of H-pyrrole nitrogens is 1. The molecule has 0 saturated carbocycles. The van der Waals surface area contributed by atoms with Crippen molar-refractivity contribution >= 4 is 11.0 Å². The lowest BCUT2D eigenvalue weighted by molar-refractivity contribution is 0.732. The molecule has 1 unspecified atom stereocenters. The van der Waals surface area contributed by atoms with E-state index in [1.807, 2.05) is 18.3 Å². The Morgan fingerprint density at radius 3 is 2.72 bits per heavy atom. The van der Waals surface area contributed by atoms with E-state index < -0.39 is 0 Å². The second-order valence-electron chi connectivity index (χ2n) is 4.39. The van der Waals surface area contributed by atoms with E-state index in [2.05, 4.69) is 46.1 Å². The van der Waals surface area contributed by atoms with Crippen LogP contribution >= 0.6 is 0 Å². The zero-order valence-corrected chi connectivity index (χ0v) is 10.3. The molecule has 3 aromatic rings. The van der Waals surface area contributed by atoms with Gasteiger partial charge < -0.3 is 4.98 Å². The van der Waals surface area contributed by atoms with E-state index in [1.165, 1.54) is 5.56 Å². The van der Waals surface area contributed by atoms with Crippen molar-refractivity contribution in [1.82, 2.24) is 15.0 Å². The maximum atomic E-state index is 4.66. The molecule has 1 aromatic carbocycles. The second kappa shape index (κ2) is 4.61. The predicted molar refractivity (Wildman–Crippen MR) is 72.5 cm³/mol. The van der Waals surface area contributed by atoms with Gasteiger partial charge in [0.05, 0.1) is 17.2 Å². The highest BCUT2D eigenvalue weighted by atomic mass is 14.9. The first-order chi connectivity index (χ1) is 8.88. The SMILES string of the molecule is CCC(c1ccccc1)c1nc2ccncc2[nH]1. The van der Waals surface area contributed by atoms with Crippen LogP contribution in [0.25, 0.3) is 11.0 Å². The first-order valence-electron chi connectivity index (χ1n) is 6.23. The summed E-state index contributed by atoms with van der Waals surface area (Å²) in [6.07, 6.45) is 4.62. The molecule has 18 heavy (non-hydrogen) atoms. The molecule has 0 aliphatic carbocycles. The fraction of sp³-hybridized carbons (Fsp3) is 0.200. The van der Waals surface area contributed by atoms with Crippen LogP contribution in [-0.4, -0.2) is 15.0 Å².